The van der Waals surface area contributed by atoms with Crippen LogP contribution in [0.3, 0.4) is 0 Å². The minimum Gasteiger partial charge on any atom is -0.330 e. The van der Waals surface area contributed by atoms with Gasteiger partial charge < -0.3 is 10.2 Å². The van der Waals surface area contributed by atoms with E-state index in [1.165, 1.54) is 6.08 Å². The van der Waals surface area contributed by atoms with E-state index in [9.17, 15) is 13.2 Å². The van der Waals surface area contributed by atoms with E-state index in [2.05, 4.69) is 24.9 Å². The number of H-pyrrole nitrogens is 1. The maximum atomic E-state index is 12.7. The Morgan fingerprint density at radius 3 is 2.93 bits per heavy atom. The van der Waals surface area contributed by atoms with E-state index >= 15 is 0 Å². The number of rotatable bonds is 4. The van der Waals surface area contributed by atoms with Gasteiger partial charge in [-0.3, -0.25) is 9.89 Å². The fraction of sp³-hybridized carbons (Fsp3) is 0.263. The topological polar surface area (TPSA) is 120 Å². The molecule has 0 bridgehead atoms. The number of hydrogen-bond donors (Lipinski definition) is 2. The van der Waals surface area contributed by atoms with Crippen molar-refractivity contribution in [2.45, 2.75) is 18.8 Å². The van der Waals surface area contributed by atoms with Gasteiger partial charge in [0.25, 0.3) is 15.9 Å². The molecule has 1 amide bonds. The number of amides is 1. The number of carbonyl (C=O) groups is 1. The van der Waals surface area contributed by atoms with Crippen LogP contribution in [0.2, 0.25) is 0 Å². The number of sulfonamides is 1. The van der Waals surface area contributed by atoms with Crippen molar-refractivity contribution in [3.63, 3.8) is 0 Å². The summed E-state index contributed by atoms with van der Waals surface area (Å²) in [7, 11) is -3.42. The molecule has 9 nitrogen and oxygen atoms in total. The molecule has 0 unspecified atom stereocenters. The molecule has 2 N–H and O–H groups in total. The summed E-state index contributed by atoms with van der Waals surface area (Å²) in [4.78, 5) is 18.9. The van der Waals surface area contributed by atoms with Crippen LogP contribution in [-0.4, -0.2) is 52.5 Å². The highest BCUT2D eigenvalue weighted by Crippen LogP contribution is 2.38. The van der Waals surface area contributed by atoms with E-state index in [1.807, 2.05) is 18.2 Å². The second kappa shape index (κ2) is 6.66. The monoisotopic (exact) mass is 410 g/mol. The first-order chi connectivity index (χ1) is 14.0. The zero-order chi connectivity index (χ0) is 20.0. The number of aromatic amines is 1. The minimum atomic E-state index is -3.42. The molecule has 10 heteroatoms. The highest BCUT2D eigenvalue weighted by Gasteiger charge is 2.27. The third-order valence-corrected chi connectivity index (χ3v) is 6.10. The molecule has 3 aliphatic rings. The van der Waals surface area contributed by atoms with Gasteiger partial charge in [0.2, 0.25) is 0 Å². The zero-order valence-electron chi connectivity index (χ0n) is 15.4. The third-order valence-electron chi connectivity index (χ3n) is 4.93. The highest BCUT2D eigenvalue weighted by atomic mass is 32.2. The summed E-state index contributed by atoms with van der Waals surface area (Å²) in [5.74, 6) is 1.97. The van der Waals surface area contributed by atoms with Gasteiger partial charge in [-0.1, -0.05) is 12.1 Å². The zero-order valence-corrected chi connectivity index (χ0v) is 16.2. The summed E-state index contributed by atoms with van der Waals surface area (Å²) in [5.41, 5.74) is 1.86. The summed E-state index contributed by atoms with van der Waals surface area (Å²) >= 11 is 0. The molecule has 1 aromatic heterocycles. The average Bonchev–Trinajstić information content (AvgIpc) is 3.44. The molecule has 1 aliphatic carbocycles. The number of carbonyl (C=O) groups excluding carboxylic acids is 1. The van der Waals surface area contributed by atoms with Gasteiger partial charge in [-0.05, 0) is 37.1 Å². The van der Waals surface area contributed by atoms with Crippen molar-refractivity contribution in [2.24, 2.45) is 4.40 Å². The van der Waals surface area contributed by atoms with Crippen molar-refractivity contribution in [3.05, 3.63) is 54.0 Å². The average molecular weight is 410 g/mol. The first kappa shape index (κ1) is 17.8. The number of hydrogen-bond acceptors (Lipinski definition) is 6. The molecule has 1 fully saturated rings. The lowest BCUT2D eigenvalue weighted by atomic mass is 10.1. The molecule has 5 rings (SSSR count). The molecule has 1 aromatic carbocycles. The van der Waals surface area contributed by atoms with Gasteiger partial charge in [-0.25, -0.2) is 13.4 Å². The van der Waals surface area contributed by atoms with Gasteiger partial charge in [-0.2, -0.15) is 5.10 Å². The SMILES string of the molecule is O=C(Nc1cccc(-c2n[nH]c(C3CC3)n2)c1)C1=CN2CCS(=O)(=O)N=C2C=C1. The number of nitrogens with one attached hydrogen (secondary N) is 2. The van der Waals surface area contributed by atoms with Crippen molar-refractivity contribution in [1.82, 2.24) is 20.1 Å². The Hall–Kier alpha value is -3.27. The smallest absolute Gasteiger partial charge is 0.257 e. The number of anilines is 1. The summed E-state index contributed by atoms with van der Waals surface area (Å²) in [6.45, 7) is 0.270. The van der Waals surface area contributed by atoms with Crippen LogP contribution in [0.15, 0.2) is 52.6 Å². The molecule has 1 saturated carbocycles. The fourth-order valence-corrected chi connectivity index (χ4v) is 4.19. The molecular formula is C19H18N6O3S. The molecule has 3 heterocycles. The lowest BCUT2D eigenvalue weighted by Gasteiger charge is -2.26. The molecule has 0 radical (unpaired) electrons. The molecular weight excluding hydrogens is 392 g/mol. The van der Waals surface area contributed by atoms with Gasteiger partial charge in [-0.15, -0.1) is 4.40 Å². The van der Waals surface area contributed by atoms with Crippen molar-refractivity contribution in [3.8, 4) is 11.4 Å². The Balaban J connectivity index is 1.32. The summed E-state index contributed by atoms with van der Waals surface area (Å²) in [5, 5.41) is 10.1. The van der Waals surface area contributed by atoms with Crippen LogP contribution in [-0.2, 0) is 14.8 Å². The summed E-state index contributed by atoms with van der Waals surface area (Å²) in [6.07, 6.45) is 7.00. The normalized spacial score (nSPS) is 19.9. The van der Waals surface area contributed by atoms with Gasteiger partial charge in [0.15, 0.2) is 5.82 Å². The largest absolute Gasteiger partial charge is 0.330 e. The predicted octanol–water partition coefficient (Wildman–Crippen LogP) is 1.79. The molecule has 0 saturated heterocycles. The second-order valence-corrected chi connectivity index (χ2v) is 8.95. The molecule has 2 aliphatic heterocycles. The molecule has 148 valence electrons. The van der Waals surface area contributed by atoms with Gasteiger partial charge >= 0.3 is 0 Å². The quantitative estimate of drug-likeness (QED) is 0.793. The second-order valence-electron chi connectivity index (χ2n) is 7.20. The van der Waals surface area contributed by atoms with Gasteiger partial charge in [0.1, 0.15) is 11.7 Å². The Kier molecular flexibility index (Phi) is 4.09. The van der Waals surface area contributed by atoms with Crippen molar-refractivity contribution >= 4 is 27.5 Å². The Bertz CT molecular complexity index is 1190. The van der Waals surface area contributed by atoms with E-state index in [1.54, 1.807) is 23.2 Å². The van der Waals surface area contributed by atoms with Crippen LogP contribution >= 0.6 is 0 Å². The van der Waals surface area contributed by atoms with Crippen LogP contribution in [0.5, 0.6) is 0 Å². The number of nitrogens with zero attached hydrogens (tertiary/aromatic N) is 4. The maximum absolute atomic E-state index is 12.7. The van der Waals surface area contributed by atoms with E-state index in [-0.39, 0.29) is 18.2 Å². The fourth-order valence-electron chi connectivity index (χ4n) is 3.22. The van der Waals surface area contributed by atoms with Gasteiger partial charge in [0, 0.05) is 29.9 Å². The Morgan fingerprint density at radius 1 is 1.24 bits per heavy atom. The summed E-state index contributed by atoms with van der Waals surface area (Å²) in [6, 6.07) is 7.35. The Labute approximate surface area is 167 Å². The van der Waals surface area contributed by atoms with E-state index < -0.39 is 10.0 Å². The Morgan fingerprint density at radius 2 is 2.10 bits per heavy atom. The molecule has 2 aromatic rings. The maximum Gasteiger partial charge on any atom is 0.257 e. The van der Waals surface area contributed by atoms with Crippen molar-refractivity contribution in [2.75, 3.05) is 17.6 Å². The van der Waals surface area contributed by atoms with Gasteiger partial charge in [0.05, 0.1) is 11.3 Å². The van der Waals surface area contributed by atoms with Crippen LogP contribution < -0.4 is 5.32 Å². The predicted molar refractivity (Wildman–Crippen MR) is 108 cm³/mol. The van der Waals surface area contributed by atoms with Crippen LogP contribution in [0.25, 0.3) is 11.4 Å². The van der Waals surface area contributed by atoms with E-state index in [4.69, 9.17) is 0 Å². The number of amidine groups is 1. The molecule has 0 atom stereocenters. The standard InChI is InChI=1S/C19H18N6O3S/c26-19(14-6-7-16-24-29(27,28)9-8-25(16)11-14)20-15-3-1-2-13(10-15)18-21-17(22-23-18)12-4-5-12/h1-3,6-7,10-12H,4-5,8-9H2,(H,20,26)(H,21,22,23). The number of benzene rings is 1. The molecule has 0 spiro atoms. The molecule has 29 heavy (non-hydrogen) atoms. The van der Waals surface area contributed by atoms with Crippen LogP contribution in [0.1, 0.15) is 24.6 Å². The van der Waals surface area contributed by atoms with Crippen molar-refractivity contribution in [1.29, 1.82) is 0 Å². The minimum absolute atomic E-state index is 0.0721. The van der Waals surface area contributed by atoms with Crippen LogP contribution in [0.4, 0.5) is 5.69 Å². The third kappa shape index (κ3) is 3.70. The summed E-state index contributed by atoms with van der Waals surface area (Å²) < 4.78 is 26.9. The number of aromatic nitrogens is 3. The number of fused-ring (bicyclic) bond motifs is 1. The highest BCUT2D eigenvalue weighted by molar-refractivity contribution is 7.90. The van der Waals surface area contributed by atoms with E-state index in [0.717, 1.165) is 24.2 Å². The lowest BCUT2D eigenvalue weighted by Crippen LogP contribution is -2.37. The lowest BCUT2D eigenvalue weighted by molar-refractivity contribution is -0.112. The first-order valence-electron chi connectivity index (χ1n) is 9.30. The van der Waals surface area contributed by atoms with E-state index in [0.29, 0.717) is 28.8 Å². The first-order valence-corrected chi connectivity index (χ1v) is 10.9. The van der Waals surface area contributed by atoms with Crippen molar-refractivity contribution < 1.29 is 13.2 Å². The van der Waals surface area contributed by atoms with Crippen LogP contribution in [0, 0.1) is 0 Å².